The maximum absolute atomic E-state index is 12.8. The van der Waals surface area contributed by atoms with E-state index in [0.29, 0.717) is 12.4 Å². The Hall–Kier alpha value is -2.67. The van der Waals surface area contributed by atoms with Gasteiger partial charge in [-0.2, -0.15) is 5.10 Å². The molecule has 0 atom stereocenters. The van der Waals surface area contributed by atoms with Crippen molar-refractivity contribution < 1.29 is 14.3 Å². The molecule has 1 heterocycles. The van der Waals surface area contributed by atoms with Crippen molar-refractivity contribution in [1.29, 1.82) is 0 Å². The highest BCUT2D eigenvalue weighted by molar-refractivity contribution is 5.94. The molecular weight excluding hydrogens is 380 g/mol. The number of ether oxygens (including phenoxy) is 1. The summed E-state index contributed by atoms with van der Waals surface area (Å²) in [6.45, 7) is 10.8. The fourth-order valence-corrected chi connectivity index (χ4v) is 2.93. The zero-order chi connectivity index (χ0) is 22.3. The molecule has 30 heavy (non-hydrogen) atoms. The summed E-state index contributed by atoms with van der Waals surface area (Å²) < 4.78 is 6.70. The normalized spacial score (nSPS) is 11.4. The van der Waals surface area contributed by atoms with E-state index in [2.05, 4.69) is 26.1 Å². The van der Waals surface area contributed by atoms with Crippen LogP contribution in [0.1, 0.15) is 51.8 Å². The summed E-state index contributed by atoms with van der Waals surface area (Å²) in [7, 11) is 1.48. The van der Waals surface area contributed by atoms with Crippen LogP contribution in [-0.4, -0.2) is 53.3 Å². The molecular formula is C23H34N4O3. The molecule has 0 saturated heterocycles. The highest BCUT2D eigenvalue weighted by atomic mass is 16.5. The molecule has 0 unspecified atom stereocenters. The zero-order valence-electron chi connectivity index (χ0n) is 19.0. The molecule has 0 fully saturated rings. The third-order valence-corrected chi connectivity index (χ3v) is 4.76. The van der Waals surface area contributed by atoms with Gasteiger partial charge in [0.15, 0.2) is 0 Å². The monoisotopic (exact) mass is 414 g/mol. The largest absolute Gasteiger partial charge is 0.375 e. The van der Waals surface area contributed by atoms with Crippen LogP contribution in [0, 0.1) is 6.92 Å². The van der Waals surface area contributed by atoms with E-state index in [1.807, 2.05) is 44.2 Å². The van der Waals surface area contributed by atoms with Gasteiger partial charge in [0.2, 0.25) is 11.8 Å². The van der Waals surface area contributed by atoms with Crippen LogP contribution in [0.2, 0.25) is 0 Å². The van der Waals surface area contributed by atoms with Crippen LogP contribution in [0.25, 0.3) is 5.69 Å². The number of carbonyl (C=O) groups excluding carboxylic acids is 2. The third kappa shape index (κ3) is 6.42. The van der Waals surface area contributed by atoms with Gasteiger partial charge in [0.05, 0.1) is 17.9 Å². The summed E-state index contributed by atoms with van der Waals surface area (Å²) in [6, 6.07) is 9.86. The van der Waals surface area contributed by atoms with Gasteiger partial charge in [-0.3, -0.25) is 9.59 Å². The number of anilines is 1. The molecule has 0 saturated carbocycles. The van der Waals surface area contributed by atoms with Crippen molar-refractivity contribution in [2.24, 2.45) is 0 Å². The second-order valence-electron chi connectivity index (χ2n) is 8.56. The van der Waals surface area contributed by atoms with Gasteiger partial charge in [-0.25, -0.2) is 4.68 Å². The van der Waals surface area contributed by atoms with Gasteiger partial charge >= 0.3 is 0 Å². The lowest BCUT2D eigenvalue weighted by Gasteiger charge is -2.21. The lowest BCUT2D eigenvalue weighted by atomic mass is 9.92. The quantitative estimate of drug-likeness (QED) is 0.679. The van der Waals surface area contributed by atoms with Crippen molar-refractivity contribution >= 4 is 17.6 Å². The Morgan fingerprint density at radius 1 is 1.20 bits per heavy atom. The van der Waals surface area contributed by atoms with Crippen LogP contribution in [0.4, 0.5) is 5.82 Å². The number of nitrogens with zero attached hydrogens (tertiary/aromatic N) is 3. The van der Waals surface area contributed by atoms with E-state index in [0.717, 1.165) is 29.8 Å². The molecule has 7 heteroatoms. The molecule has 2 aromatic rings. The number of aromatic nitrogens is 2. The summed E-state index contributed by atoms with van der Waals surface area (Å²) in [5, 5.41) is 7.68. The zero-order valence-corrected chi connectivity index (χ0v) is 19.0. The fourth-order valence-electron chi connectivity index (χ4n) is 2.93. The molecule has 7 nitrogen and oxygen atoms in total. The van der Waals surface area contributed by atoms with Crippen molar-refractivity contribution in [3.63, 3.8) is 0 Å². The van der Waals surface area contributed by atoms with Gasteiger partial charge in [-0.1, -0.05) is 51.8 Å². The molecule has 0 spiro atoms. The lowest BCUT2D eigenvalue weighted by molar-refractivity contribution is -0.138. The van der Waals surface area contributed by atoms with Crippen molar-refractivity contribution in [1.82, 2.24) is 14.7 Å². The van der Waals surface area contributed by atoms with E-state index >= 15 is 0 Å². The number of aryl methyl sites for hydroxylation is 1. The molecule has 2 rings (SSSR count). The molecule has 0 bridgehead atoms. The number of hydrogen-bond donors (Lipinski definition) is 1. The van der Waals surface area contributed by atoms with Gasteiger partial charge in [-0.05, 0) is 25.5 Å². The Bertz CT molecular complexity index is 850. The SMILES string of the molecule is CCCCN(CC(=O)Nc1cc(C(C)(C)C)nn1-c1ccc(C)cc1)C(=O)COC. The Balaban J connectivity index is 2.26. The number of nitrogens with one attached hydrogen (secondary N) is 1. The predicted molar refractivity (Wildman–Crippen MR) is 119 cm³/mol. The minimum Gasteiger partial charge on any atom is -0.375 e. The van der Waals surface area contributed by atoms with Crippen LogP contribution >= 0.6 is 0 Å². The third-order valence-electron chi connectivity index (χ3n) is 4.76. The Morgan fingerprint density at radius 3 is 2.43 bits per heavy atom. The van der Waals surface area contributed by atoms with E-state index in [-0.39, 0.29) is 30.4 Å². The number of rotatable bonds is 9. The van der Waals surface area contributed by atoms with Gasteiger partial charge in [0, 0.05) is 25.1 Å². The van der Waals surface area contributed by atoms with Crippen molar-refractivity contribution in [3.05, 3.63) is 41.6 Å². The van der Waals surface area contributed by atoms with Crippen LogP contribution in [0.5, 0.6) is 0 Å². The molecule has 2 amide bonds. The van der Waals surface area contributed by atoms with Crippen molar-refractivity contribution in [2.45, 2.75) is 52.9 Å². The number of benzene rings is 1. The minimum absolute atomic E-state index is 0.0217. The van der Waals surface area contributed by atoms with Crippen molar-refractivity contribution in [3.8, 4) is 5.69 Å². The first-order chi connectivity index (χ1) is 14.2. The predicted octanol–water partition coefficient (Wildman–Crippen LogP) is 3.69. The second-order valence-corrected chi connectivity index (χ2v) is 8.56. The number of carbonyl (C=O) groups is 2. The minimum atomic E-state index is -0.260. The molecule has 0 aliphatic carbocycles. The summed E-state index contributed by atoms with van der Waals surface area (Å²) in [5.74, 6) is 0.135. The summed E-state index contributed by atoms with van der Waals surface area (Å²) in [6.07, 6.45) is 1.77. The summed E-state index contributed by atoms with van der Waals surface area (Å²) in [4.78, 5) is 26.6. The summed E-state index contributed by atoms with van der Waals surface area (Å²) >= 11 is 0. The molecule has 164 valence electrons. The molecule has 0 radical (unpaired) electrons. The second kappa shape index (κ2) is 10.4. The maximum atomic E-state index is 12.8. The molecule has 1 N–H and O–H groups in total. The fraction of sp³-hybridized carbons (Fsp3) is 0.522. The van der Waals surface area contributed by atoms with Crippen LogP contribution in [0.3, 0.4) is 0 Å². The van der Waals surface area contributed by atoms with E-state index in [1.165, 1.54) is 7.11 Å². The molecule has 1 aromatic heterocycles. The Labute approximate surface area is 179 Å². The number of hydrogen-bond acceptors (Lipinski definition) is 4. The highest BCUT2D eigenvalue weighted by Gasteiger charge is 2.23. The average Bonchev–Trinajstić information content (AvgIpc) is 3.10. The Kier molecular flexibility index (Phi) is 8.17. The van der Waals surface area contributed by atoms with Gasteiger partial charge in [-0.15, -0.1) is 0 Å². The van der Waals surface area contributed by atoms with Crippen LogP contribution in [0.15, 0.2) is 30.3 Å². The standard InChI is InChI=1S/C23H34N4O3/c1-7-8-13-26(22(29)16-30-6)15-21(28)24-20-14-19(23(3,4)5)25-27(20)18-11-9-17(2)10-12-18/h9-12,14H,7-8,13,15-16H2,1-6H3,(H,24,28). The average molecular weight is 415 g/mol. The van der Waals surface area contributed by atoms with E-state index in [4.69, 9.17) is 9.84 Å². The van der Waals surface area contributed by atoms with E-state index < -0.39 is 0 Å². The first kappa shape index (κ1) is 23.6. The van der Waals surface area contributed by atoms with Gasteiger partial charge in [0.25, 0.3) is 0 Å². The van der Waals surface area contributed by atoms with Crippen LogP contribution < -0.4 is 5.32 Å². The topological polar surface area (TPSA) is 76.5 Å². The molecule has 1 aromatic carbocycles. The van der Waals surface area contributed by atoms with Crippen molar-refractivity contribution in [2.75, 3.05) is 32.1 Å². The summed E-state index contributed by atoms with van der Waals surface area (Å²) in [5.41, 5.74) is 2.72. The van der Waals surface area contributed by atoms with E-state index in [1.54, 1.807) is 9.58 Å². The first-order valence-electron chi connectivity index (χ1n) is 10.4. The smallest absolute Gasteiger partial charge is 0.249 e. The number of unbranched alkanes of at least 4 members (excludes halogenated alkanes) is 1. The number of methoxy groups -OCH3 is 1. The van der Waals surface area contributed by atoms with Gasteiger partial charge < -0.3 is 15.0 Å². The van der Waals surface area contributed by atoms with E-state index in [9.17, 15) is 9.59 Å². The lowest BCUT2D eigenvalue weighted by Crippen LogP contribution is -2.40. The first-order valence-corrected chi connectivity index (χ1v) is 10.4. The van der Waals surface area contributed by atoms with Crippen LogP contribution in [-0.2, 0) is 19.7 Å². The molecule has 0 aliphatic heterocycles. The number of amides is 2. The van der Waals surface area contributed by atoms with Gasteiger partial charge in [0.1, 0.15) is 12.4 Å². The molecule has 0 aliphatic rings. The maximum Gasteiger partial charge on any atom is 0.249 e. The Morgan fingerprint density at radius 2 is 1.87 bits per heavy atom. The highest BCUT2D eigenvalue weighted by Crippen LogP contribution is 2.26.